The van der Waals surface area contributed by atoms with Crippen LogP contribution < -0.4 is 9.47 Å². The summed E-state index contributed by atoms with van der Waals surface area (Å²) in [5.74, 6) is 1.24. The molecule has 1 aromatic heterocycles. The van der Waals surface area contributed by atoms with E-state index in [9.17, 15) is 9.90 Å². The smallest absolute Gasteiger partial charge is 0.273 e. The third-order valence-electron chi connectivity index (χ3n) is 7.86. The van der Waals surface area contributed by atoms with Gasteiger partial charge >= 0.3 is 0 Å². The van der Waals surface area contributed by atoms with Crippen molar-refractivity contribution in [3.8, 4) is 28.5 Å². The Hall–Kier alpha value is -5.04. The molecule has 5 aromatic rings. The van der Waals surface area contributed by atoms with E-state index in [1.165, 1.54) is 0 Å². The Morgan fingerprint density at radius 3 is 2.37 bits per heavy atom. The lowest BCUT2D eigenvalue weighted by atomic mass is 9.93. The zero-order valence-electron chi connectivity index (χ0n) is 24.8. The zero-order valence-corrected chi connectivity index (χ0v) is 24.8. The van der Waals surface area contributed by atoms with Crippen molar-refractivity contribution in [2.45, 2.75) is 46.9 Å². The molecule has 1 amide bonds. The van der Waals surface area contributed by atoms with Crippen molar-refractivity contribution >= 4 is 5.91 Å². The summed E-state index contributed by atoms with van der Waals surface area (Å²) in [6.07, 6.45) is 0. The number of aryl methyl sites for hydroxylation is 3. The molecule has 0 fully saturated rings. The van der Waals surface area contributed by atoms with Crippen molar-refractivity contribution in [3.63, 3.8) is 0 Å². The van der Waals surface area contributed by atoms with E-state index in [-0.39, 0.29) is 11.7 Å². The highest BCUT2D eigenvalue weighted by Gasteiger charge is 2.43. The molecule has 7 heteroatoms. The third kappa shape index (κ3) is 5.46. The molecule has 4 aromatic carbocycles. The Kier molecular flexibility index (Phi) is 7.63. The number of fused-ring (bicyclic) bond motifs is 1. The summed E-state index contributed by atoms with van der Waals surface area (Å²) in [7, 11) is 0. The molecular formula is C36H35N3O4. The first-order valence-electron chi connectivity index (χ1n) is 14.5. The highest BCUT2D eigenvalue weighted by molar-refractivity contribution is 6.00. The Bertz CT molecular complexity index is 1780. The molecule has 7 nitrogen and oxygen atoms in total. The maximum absolute atomic E-state index is 14.0. The molecule has 0 bridgehead atoms. The van der Waals surface area contributed by atoms with E-state index in [0.717, 1.165) is 38.9 Å². The predicted molar refractivity (Wildman–Crippen MR) is 166 cm³/mol. The molecule has 1 aliphatic heterocycles. The number of amides is 1. The first kappa shape index (κ1) is 28.1. The van der Waals surface area contributed by atoms with Crippen molar-refractivity contribution in [2.24, 2.45) is 0 Å². The second kappa shape index (κ2) is 11.7. The van der Waals surface area contributed by atoms with Gasteiger partial charge in [-0.05, 0) is 73.7 Å². The second-order valence-corrected chi connectivity index (χ2v) is 11.1. The van der Waals surface area contributed by atoms with Crippen molar-refractivity contribution in [1.29, 1.82) is 0 Å². The largest absolute Gasteiger partial charge is 0.507 e. The van der Waals surface area contributed by atoms with Crippen molar-refractivity contribution in [3.05, 3.63) is 130 Å². The normalized spacial score (nSPS) is 14.2. The minimum atomic E-state index is -0.472. The summed E-state index contributed by atoms with van der Waals surface area (Å²) in [6, 6.07) is 27.4. The average Bonchev–Trinajstić information content (AvgIpc) is 3.54. The van der Waals surface area contributed by atoms with E-state index in [1.54, 1.807) is 0 Å². The van der Waals surface area contributed by atoms with Gasteiger partial charge in [-0.2, -0.15) is 5.10 Å². The number of aromatic amines is 1. The number of aromatic hydroxyl groups is 1. The molecule has 1 unspecified atom stereocenters. The SMILES string of the molecule is CCOc1cc(C2c3c(-c4cc(C)cc(C)c4O)n[nH]c3C(=O)N2Cc2ccc(C)cc2)ccc1OCc1ccccc1. The topological polar surface area (TPSA) is 87.7 Å². The fourth-order valence-corrected chi connectivity index (χ4v) is 5.76. The van der Waals surface area contributed by atoms with Gasteiger partial charge in [-0.3, -0.25) is 9.89 Å². The average molecular weight is 574 g/mol. The molecule has 2 N–H and O–H groups in total. The van der Waals surface area contributed by atoms with E-state index in [2.05, 4.69) is 22.3 Å². The molecule has 2 heterocycles. The van der Waals surface area contributed by atoms with Gasteiger partial charge in [-0.15, -0.1) is 0 Å². The molecule has 0 spiro atoms. The van der Waals surface area contributed by atoms with Crippen LogP contribution in [-0.2, 0) is 13.2 Å². The number of phenolic OH excluding ortho intramolecular Hbond substituents is 1. The lowest BCUT2D eigenvalue weighted by molar-refractivity contribution is 0.0729. The van der Waals surface area contributed by atoms with Crippen LogP contribution in [0.15, 0.2) is 84.9 Å². The molecule has 218 valence electrons. The quantitative estimate of drug-likeness (QED) is 0.191. The number of hydrogen-bond acceptors (Lipinski definition) is 5. The van der Waals surface area contributed by atoms with Crippen LogP contribution in [-0.4, -0.2) is 32.7 Å². The fourth-order valence-electron chi connectivity index (χ4n) is 5.76. The Morgan fingerprint density at radius 1 is 0.860 bits per heavy atom. The van der Waals surface area contributed by atoms with Gasteiger partial charge in [0.2, 0.25) is 0 Å². The standard InChI is InChI=1S/C36H35N3O4/c1-5-42-30-19-27(15-16-29(30)43-21-26-9-7-6-8-10-26)34-31-32(28-18-23(3)17-24(4)35(28)40)37-38-33(31)36(41)39(34)20-25-13-11-22(2)12-14-25/h6-19,34,40H,5,20-21H2,1-4H3,(H,37,38). The summed E-state index contributed by atoms with van der Waals surface area (Å²) >= 11 is 0. The van der Waals surface area contributed by atoms with Crippen LogP contribution in [0.3, 0.4) is 0 Å². The number of nitrogens with zero attached hydrogens (tertiary/aromatic N) is 2. The molecule has 0 radical (unpaired) electrons. The van der Waals surface area contributed by atoms with E-state index in [1.807, 2.05) is 105 Å². The Labute approximate surface area is 251 Å². The highest BCUT2D eigenvalue weighted by atomic mass is 16.5. The molecule has 0 saturated carbocycles. The van der Waals surface area contributed by atoms with Crippen LogP contribution in [0.4, 0.5) is 0 Å². The molecule has 0 saturated heterocycles. The minimum Gasteiger partial charge on any atom is -0.507 e. The van der Waals surface area contributed by atoms with Gasteiger partial charge in [-0.1, -0.05) is 72.3 Å². The van der Waals surface area contributed by atoms with Crippen LogP contribution in [0, 0.1) is 20.8 Å². The van der Waals surface area contributed by atoms with Gasteiger partial charge < -0.3 is 19.5 Å². The van der Waals surface area contributed by atoms with E-state index >= 15 is 0 Å². The molecule has 43 heavy (non-hydrogen) atoms. The third-order valence-corrected chi connectivity index (χ3v) is 7.86. The number of aromatic nitrogens is 2. The summed E-state index contributed by atoms with van der Waals surface area (Å²) < 4.78 is 12.2. The number of carbonyl (C=O) groups is 1. The summed E-state index contributed by atoms with van der Waals surface area (Å²) in [6.45, 7) is 9.10. The number of hydrogen-bond donors (Lipinski definition) is 2. The van der Waals surface area contributed by atoms with Crippen molar-refractivity contribution < 1.29 is 19.4 Å². The zero-order chi connectivity index (χ0) is 30.1. The van der Waals surface area contributed by atoms with Gasteiger partial charge in [-0.25, -0.2) is 0 Å². The van der Waals surface area contributed by atoms with Gasteiger partial charge in [0.1, 0.15) is 23.7 Å². The first-order chi connectivity index (χ1) is 20.8. The van der Waals surface area contributed by atoms with Gasteiger partial charge in [0, 0.05) is 17.7 Å². The number of ether oxygens (including phenoxy) is 2. The molecule has 1 atom stereocenters. The van der Waals surface area contributed by atoms with Crippen LogP contribution in [0.1, 0.15) is 62.4 Å². The van der Waals surface area contributed by atoms with Gasteiger partial charge in [0.05, 0.1) is 12.6 Å². The minimum absolute atomic E-state index is 0.148. The Morgan fingerprint density at radius 2 is 1.63 bits per heavy atom. The lowest BCUT2D eigenvalue weighted by Gasteiger charge is -2.27. The molecule has 6 rings (SSSR count). The van der Waals surface area contributed by atoms with Crippen molar-refractivity contribution in [1.82, 2.24) is 15.1 Å². The van der Waals surface area contributed by atoms with E-state index in [0.29, 0.717) is 48.2 Å². The van der Waals surface area contributed by atoms with Crippen LogP contribution >= 0.6 is 0 Å². The first-order valence-corrected chi connectivity index (χ1v) is 14.5. The number of phenols is 1. The van der Waals surface area contributed by atoms with Crippen molar-refractivity contribution in [2.75, 3.05) is 6.61 Å². The van der Waals surface area contributed by atoms with Crippen LogP contribution in [0.5, 0.6) is 17.2 Å². The number of nitrogens with one attached hydrogen (secondary N) is 1. The second-order valence-electron chi connectivity index (χ2n) is 11.1. The molecule has 0 aliphatic carbocycles. The summed E-state index contributed by atoms with van der Waals surface area (Å²) in [5.41, 5.74) is 8.16. The van der Waals surface area contributed by atoms with Crippen LogP contribution in [0.2, 0.25) is 0 Å². The monoisotopic (exact) mass is 573 g/mol. The molecule has 1 aliphatic rings. The summed E-state index contributed by atoms with van der Waals surface area (Å²) in [4.78, 5) is 15.8. The number of H-pyrrole nitrogens is 1. The maximum Gasteiger partial charge on any atom is 0.273 e. The van der Waals surface area contributed by atoms with Crippen LogP contribution in [0.25, 0.3) is 11.3 Å². The lowest BCUT2D eigenvalue weighted by Crippen LogP contribution is -2.29. The maximum atomic E-state index is 14.0. The molecular weight excluding hydrogens is 538 g/mol. The van der Waals surface area contributed by atoms with Gasteiger partial charge in [0.15, 0.2) is 11.5 Å². The fraction of sp³-hybridized carbons (Fsp3) is 0.222. The number of benzene rings is 4. The van der Waals surface area contributed by atoms with Gasteiger partial charge in [0.25, 0.3) is 5.91 Å². The Balaban J connectivity index is 1.45. The number of carbonyl (C=O) groups excluding carboxylic acids is 1. The highest BCUT2D eigenvalue weighted by Crippen LogP contribution is 2.47. The van der Waals surface area contributed by atoms with E-state index in [4.69, 9.17) is 9.47 Å². The summed E-state index contributed by atoms with van der Waals surface area (Å²) in [5, 5.41) is 18.7. The predicted octanol–water partition coefficient (Wildman–Crippen LogP) is 7.43. The van der Waals surface area contributed by atoms with E-state index < -0.39 is 6.04 Å². The number of rotatable bonds is 9.